The molecule has 0 aliphatic carbocycles. The van der Waals surface area contributed by atoms with Crippen LogP contribution in [-0.4, -0.2) is 24.9 Å². The second-order valence-electron chi connectivity index (χ2n) is 4.53. The molecule has 0 saturated carbocycles. The molecule has 20 heavy (non-hydrogen) atoms. The second-order valence-corrected chi connectivity index (χ2v) is 4.53. The number of H-pyrrole nitrogens is 2. The molecule has 0 aliphatic heterocycles. The number of nitrogens with one attached hydrogen (secondary N) is 2. The fourth-order valence-electron chi connectivity index (χ4n) is 2.27. The van der Waals surface area contributed by atoms with Crippen LogP contribution in [-0.2, 0) is 0 Å². The van der Waals surface area contributed by atoms with Gasteiger partial charge < -0.3 is 21.4 Å². The second kappa shape index (κ2) is 3.70. The van der Waals surface area contributed by atoms with E-state index in [1.54, 1.807) is 0 Å². The van der Waals surface area contributed by atoms with Crippen molar-refractivity contribution in [1.82, 2.24) is 24.9 Å². The summed E-state index contributed by atoms with van der Waals surface area (Å²) in [6.45, 7) is 0. The Balaban J connectivity index is 1.94. The standard InChI is InChI=1S/C13H11N7/c14-10-9-12(20-13(15)18-10)19-11(17-9)7-1-2-8-6(5-7)3-4-16-8/h1-5,16H,(H5,14,15,17,18,19,20). The van der Waals surface area contributed by atoms with E-state index in [1.165, 1.54) is 0 Å². The number of imidazole rings is 1. The maximum atomic E-state index is 5.82. The molecule has 1 aromatic carbocycles. The lowest BCUT2D eigenvalue weighted by Crippen LogP contribution is -1.99. The van der Waals surface area contributed by atoms with Gasteiger partial charge in [0.25, 0.3) is 0 Å². The molecule has 0 fully saturated rings. The van der Waals surface area contributed by atoms with Gasteiger partial charge in [-0.05, 0) is 24.3 Å². The van der Waals surface area contributed by atoms with Crippen molar-refractivity contribution in [3.8, 4) is 11.4 Å². The van der Waals surface area contributed by atoms with Gasteiger partial charge in [0.2, 0.25) is 5.95 Å². The maximum absolute atomic E-state index is 5.82. The van der Waals surface area contributed by atoms with E-state index < -0.39 is 0 Å². The van der Waals surface area contributed by atoms with Gasteiger partial charge >= 0.3 is 0 Å². The van der Waals surface area contributed by atoms with Crippen molar-refractivity contribution in [3.05, 3.63) is 30.5 Å². The number of aromatic amines is 2. The summed E-state index contributed by atoms with van der Waals surface area (Å²) >= 11 is 0. The van der Waals surface area contributed by atoms with Gasteiger partial charge in [-0.15, -0.1) is 0 Å². The molecular weight excluding hydrogens is 254 g/mol. The molecule has 3 aromatic heterocycles. The van der Waals surface area contributed by atoms with Crippen LogP contribution in [0.25, 0.3) is 33.5 Å². The van der Waals surface area contributed by atoms with Crippen LogP contribution >= 0.6 is 0 Å². The van der Waals surface area contributed by atoms with E-state index in [4.69, 9.17) is 11.5 Å². The number of hydrogen-bond donors (Lipinski definition) is 4. The van der Waals surface area contributed by atoms with Crippen LogP contribution in [0.15, 0.2) is 30.5 Å². The van der Waals surface area contributed by atoms with Crippen LogP contribution in [0.1, 0.15) is 0 Å². The number of nitrogens with zero attached hydrogens (tertiary/aromatic N) is 3. The average molecular weight is 265 g/mol. The van der Waals surface area contributed by atoms with E-state index in [1.807, 2.05) is 30.5 Å². The third kappa shape index (κ3) is 1.50. The Morgan fingerprint density at radius 2 is 1.90 bits per heavy atom. The van der Waals surface area contributed by atoms with E-state index in [2.05, 4.69) is 24.9 Å². The first-order valence-corrected chi connectivity index (χ1v) is 6.07. The molecule has 0 spiro atoms. The number of anilines is 2. The molecule has 3 heterocycles. The number of benzene rings is 1. The van der Waals surface area contributed by atoms with Crippen molar-refractivity contribution in [3.63, 3.8) is 0 Å². The summed E-state index contributed by atoms with van der Waals surface area (Å²) in [5.74, 6) is 1.11. The highest BCUT2D eigenvalue weighted by atomic mass is 15.1. The molecule has 4 aromatic rings. The lowest BCUT2D eigenvalue weighted by molar-refractivity contribution is 1.22. The molecule has 7 nitrogen and oxygen atoms in total. The van der Waals surface area contributed by atoms with Crippen LogP contribution in [0.5, 0.6) is 0 Å². The zero-order chi connectivity index (χ0) is 13.7. The minimum absolute atomic E-state index is 0.120. The van der Waals surface area contributed by atoms with Gasteiger partial charge in [0.05, 0.1) is 0 Å². The summed E-state index contributed by atoms with van der Waals surface area (Å²) < 4.78 is 0. The first kappa shape index (κ1) is 10.8. The van der Waals surface area contributed by atoms with Crippen molar-refractivity contribution < 1.29 is 0 Å². The van der Waals surface area contributed by atoms with E-state index in [-0.39, 0.29) is 5.95 Å². The van der Waals surface area contributed by atoms with E-state index in [0.717, 1.165) is 16.5 Å². The number of hydrogen-bond acceptors (Lipinski definition) is 5. The fraction of sp³-hybridized carbons (Fsp3) is 0. The molecule has 0 bridgehead atoms. The van der Waals surface area contributed by atoms with E-state index in [9.17, 15) is 0 Å². The molecule has 0 unspecified atom stereocenters. The third-order valence-electron chi connectivity index (χ3n) is 3.22. The van der Waals surface area contributed by atoms with Crippen LogP contribution in [0.3, 0.4) is 0 Å². The zero-order valence-electron chi connectivity index (χ0n) is 10.4. The molecule has 0 radical (unpaired) electrons. The minimum Gasteiger partial charge on any atom is -0.382 e. The molecule has 6 N–H and O–H groups in total. The molecule has 0 saturated heterocycles. The SMILES string of the molecule is Nc1nc(N)c2[nH]c(-c3ccc4[nH]ccc4c3)nc2n1. The normalized spacial score (nSPS) is 11.4. The lowest BCUT2D eigenvalue weighted by Gasteiger charge is -1.97. The highest BCUT2D eigenvalue weighted by Gasteiger charge is 2.11. The van der Waals surface area contributed by atoms with Crippen molar-refractivity contribution in [2.75, 3.05) is 11.5 Å². The first-order chi connectivity index (χ1) is 9.70. The summed E-state index contributed by atoms with van der Waals surface area (Å²) in [6, 6.07) is 8.02. The molecule has 0 atom stereocenters. The smallest absolute Gasteiger partial charge is 0.224 e. The molecular formula is C13H11N7. The highest BCUT2D eigenvalue weighted by molar-refractivity contribution is 5.88. The molecule has 0 aliphatic rings. The Morgan fingerprint density at radius 1 is 1.00 bits per heavy atom. The summed E-state index contributed by atoms with van der Waals surface area (Å²) in [7, 11) is 0. The van der Waals surface area contributed by atoms with Crippen molar-refractivity contribution in [1.29, 1.82) is 0 Å². The largest absolute Gasteiger partial charge is 0.382 e. The van der Waals surface area contributed by atoms with Crippen LogP contribution in [0.4, 0.5) is 11.8 Å². The number of aromatic nitrogens is 5. The Hall–Kier alpha value is -3.09. The van der Waals surface area contributed by atoms with Gasteiger partial charge in [-0.3, -0.25) is 0 Å². The van der Waals surface area contributed by atoms with Crippen molar-refractivity contribution >= 4 is 33.8 Å². The summed E-state index contributed by atoms with van der Waals surface area (Å²) in [6.07, 6.45) is 1.90. The van der Waals surface area contributed by atoms with Gasteiger partial charge in [-0.25, -0.2) is 4.98 Å². The van der Waals surface area contributed by atoms with Gasteiger partial charge in [0, 0.05) is 22.7 Å². The molecule has 0 amide bonds. The topological polar surface area (TPSA) is 122 Å². The van der Waals surface area contributed by atoms with Gasteiger partial charge in [-0.2, -0.15) is 9.97 Å². The van der Waals surface area contributed by atoms with Crippen LogP contribution in [0, 0.1) is 0 Å². The number of nitrogens with two attached hydrogens (primary N) is 2. The highest BCUT2D eigenvalue weighted by Crippen LogP contribution is 2.25. The van der Waals surface area contributed by atoms with Gasteiger partial charge in [0.1, 0.15) is 11.3 Å². The third-order valence-corrected chi connectivity index (χ3v) is 3.22. The van der Waals surface area contributed by atoms with Gasteiger partial charge in [0.15, 0.2) is 11.5 Å². The fourth-order valence-corrected chi connectivity index (χ4v) is 2.27. The molecule has 7 heteroatoms. The lowest BCUT2D eigenvalue weighted by atomic mass is 10.1. The molecule has 4 rings (SSSR count). The quantitative estimate of drug-likeness (QED) is 0.417. The Kier molecular flexibility index (Phi) is 2.00. The monoisotopic (exact) mass is 265 g/mol. The van der Waals surface area contributed by atoms with Crippen molar-refractivity contribution in [2.45, 2.75) is 0 Å². The minimum atomic E-state index is 0.120. The maximum Gasteiger partial charge on any atom is 0.224 e. The van der Waals surface area contributed by atoms with E-state index >= 15 is 0 Å². The Bertz CT molecular complexity index is 934. The van der Waals surface area contributed by atoms with Gasteiger partial charge in [-0.1, -0.05) is 0 Å². The number of rotatable bonds is 1. The molecule has 98 valence electrons. The summed E-state index contributed by atoms with van der Waals surface area (Å²) in [5, 5.41) is 1.11. The number of fused-ring (bicyclic) bond motifs is 2. The first-order valence-electron chi connectivity index (χ1n) is 6.07. The van der Waals surface area contributed by atoms with Crippen molar-refractivity contribution in [2.24, 2.45) is 0 Å². The summed E-state index contributed by atoms with van der Waals surface area (Å²) in [5.41, 5.74) is 14.5. The van der Waals surface area contributed by atoms with E-state index in [0.29, 0.717) is 22.8 Å². The summed E-state index contributed by atoms with van der Waals surface area (Å²) in [4.78, 5) is 18.7. The predicted molar refractivity (Wildman–Crippen MR) is 77.8 cm³/mol. The zero-order valence-corrected chi connectivity index (χ0v) is 10.4. The Labute approximate surface area is 113 Å². The van der Waals surface area contributed by atoms with Crippen LogP contribution < -0.4 is 11.5 Å². The number of nitrogen functional groups attached to an aromatic ring is 2. The van der Waals surface area contributed by atoms with Crippen LogP contribution in [0.2, 0.25) is 0 Å². The predicted octanol–water partition coefficient (Wildman–Crippen LogP) is 1.67. The average Bonchev–Trinajstić information content (AvgIpc) is 3.03. The Morgan fingerprint density at radius 3 is 2.80 bits per heavy atom.